The molecule has 2 fully saturated rings. The van der Waals surface area contributed by atoms with Gasteiger partial charge in [-0.05, 0) is 24.7 Å². The van der Waals surface area contributed by atoms with Gasteiger partial charge in [0.1, 0.15) is 19.5 Å². The molecule has 0 spiro atoms. The number of nitrogens with two attached hydrogens (primary N) is 1. The fourth-order valence-electron chi connectivity index (χ4n) is 3.11. The SMILES string of the molecule is NC1CCC2CN(C(=O)C3=COCCO3)CC12. The predicted octanol–water partition coefficient (Wildman–Crippen LogP) is 0.0703. The number of amides is 1. The highest BCUT2D eigenvalue weighted by atomic mass is 16.6. The van der Waals surface area contributed by atoms with E-state index in [1.165, 1.54) is 6.26 Å². The zero-order chi connectivity index (χ0) is 11.8. The second kappa shape index (κ2) is 4.22. The zero-order valence-corrected chi connectivity index (χ0v) is 9.80. The number of hydrogen-bond donors (Lipinski definition) is 1. The number of carbonyl (C=O) groups is 1. The van der Waals surface area contributed by atoms with Crippen molar-refractivity contribution in [3.8, 4) is 0 Å². The van der Waals surface area contributed by atoms with Gasteiger partial charge >= 0.3 is 0 Å². The van der Waals surface area contributed by atoms with Gasteiger partial charge in [0.15, 0.2) is 0 Å². The number of carbonyl (C=O) groups excluding carboxylic acids is 1. The average Bonchev–Trinajstić information content (AvgIpc) is 2.92. The Hall–Kier alpha value is -1.23. The molecule has 17 heavy (non-hydrogen) atoms. The molecule has 0 bridgehead atoms. The van der Waals surface area contributed by atoms with Crippen molar-refractivity contribution in [3.05, 3.63) is 12.0 Å². The molecule has 3 atom stereocenters. The number of ether oxygens (including phenoxy) is 2. The third-order valence-electron chi connectivity index (χ3n) is 4.06. The summed E-state index contributed by atoms with van der Waals surface area (Å²) < 4.78 is 10.4. The van der Waals surface area contributed by atoms with Crippen molar-refractivity contribution in [2.45, 2.75) is 18.9 Å². The molecular formula is C12H18N2O3. The van der Waals surface area contributed by atoms with E-state index in [4.69, 9.17) is 15.2 Å². The second-order valence-corrected chi connectivity index (χ2v) is 5.08. The van der Waals surface area contributed by atoms with Crippen LogP contribution in [0.1, 0.15) is 12.8 Å². The topological polar surface area (TPSA) is 64.8 Å². The molecule has 0 aromatic carbocycles. The van der Waals surface area contributed by atoms with Gasteiger partial charge in [-0.3, -0.25) is 4.79 Å². The molecule has 3 unspecified atom stereocenters. The van der Waals surface area contributed by atoms with E-state index in [0.29, 0.717) is 30.8 Å². The van der Waals surface area contributed by atoms with E-state index in [1.54, 1.807) is 0 Å². The third-order valence-corrected chi connectivity index (χ3v) is 4.06. The maximum atomic E-state index is 12.1. The molecule has 3 rings (SSSR count). The molecule has 2 heterocycles. The normalized spacial score (nSPS) is 35.9. The first-order chi connectivity index (χ1) is 8.25. The van der Waals surface area contributed by atoms with Crippen LogP contribution in [0.25, 0.3) is 0 Å². The molecule has 0 aromatic heterocycles. The molecule has 1 amide bonds. The maximum Gasteiger partial charge on any atom is 0.292 e. The van der Waals surface area contributed by atoms with Gasteiger partial charge in [0.2, 0.25) is 5.76 Å². The summed E-state index contributed by atoms with van der Waals surface area (Å²) >= 11 is 0. The summed E-state index contributed by atoms with van der Waals surface area (Å²) in [6.07, 6.45) is 3.67. The highest BCUT2D eigenvalue weighted by Crippen LogP contribution is 2.37. The van der Waals surface area contributed by atoms with E-state index in [9.17, 15) is 4.79 Å². The first-order valence-electron chi connectivity index (χ1n) is 6.25. The van der Waals surface area contributed by atoms with Gasteiger partial charge < -0.3 is 20.1 Å². The van der Waals surface area contributed by atoms with Gasteiger partial charge in [0.05, 0.1) is 0 Å². The van der Waals surface area contributed by atoms with Crippen LogP contribution in [0.3, 0.4) is 0 Å². The van der Waals surface area contributed by atoms with Crippen LogP contribution in [0.2, 0.25) is 0 Å². The summed E-state index contributed by atoms with van der Waals surface area (Å²) in [6.45, 7) is 2.56. The third kappa shape index (κ3) is 1.88. The van der Waals surface area contributed by atoms with Crippen molar-refractivity contribution in [1.29, 1.82) is 0 Å². The van der Waals surface area contributed by atoms with E-state index >= 15 is 0 Å². The number of nitrogens with zero attached hydrogens (tertiary/aromatic N) is 1. The van der Waals surface area contributed by atoms with Crippen LogP contribution in [-0.4, -0.2) is 43.2 Å². The fourth-order valence-corrected chi connectivity index (χ4v) is 3.11. The van der Waals surface area contributed by atoms with Crippen LogP contribution in [-0.2, 0) is 14.3 Å². The van der Waals surface area contributed by atoms with E-state index < -0.39 is 0 Å². The molecule has 1 saturated carbocycles. The van der Waals surface area contributed by atoms with Gasteiger partial charge in [0, 0.05) is 19.1 Å². The van der Waals surface area contributed by atoms with Crippen molar-refractivity contribution in [2.75, 3.05) is 26.3 Å². The van der Waals surface area contributed by atoms with Crippen LogP contribution >= 0.6 is 0 Å². The van der Waals surface area contributed by atoms with Crippen LogP contribution in [0.4, 0.5) is 0 Å². The van der Waals surface area contributed by atoms with Crippen molar-refractivity contribution in [3.63, 3.8) is 0 Å². The Kier molecular flexibility index (Phi) is 2.70. The molecule has 94 valence electrons. The number of fused-ring (bicyclic) bond motifs is 1. The Labute approximate surface area is 101 Å². The van der Waals surface area contributed by atoms with E-state index in [-0.39, 0.29) is 11.9 Å². The zero-order valence-electron chi connectivity index (χ0n) is 9.80. The van der Waals surface area contributed by atoms with Gasteiger partial charge in [-0.2, -0.15) is 0 Å². The van der Waals surface area contributed by atoms with Crippen LogP contribution in [0, 0.1) is 11.8 Å². The monoisotopic (exact) mass is 238 g/mol. The van der Waals surface area contributed by atoms with Gasteiger partial charge in [-0.25, -0.2) is 0 Å². The molecule has 0 radical (unpaired) electrons. The Bertz CT molecular complexity index is 356. The summed E-state index contributed by atoms with van der Waals surface area (Å²) in [5.41, 5.74) is 6.05. The Morgan fingerprint density at radius 2 is 2.24 bits per heavy atom. The summed E-state index contributed by atoms with van der Waals surface area (Å²) in [5.74, 6) is 1.35. The smallest absolute Gasteiger partial charge is 0.292 e. The lowest BCUT2D eigenvalue weighted by molar-refractivity contribution is -0.131. The molecule has 1 aliphatic carbocycles. The Balaban J connectivity index is 1.66. The van der Waals surface area contributed by atoms with E-state index in [1.807, 2.05) is 4.90 Å². The largest absolute Gasteiger partial charge is 0.494 e. The van der Waals surface area contributed by atoms with Crippen molar-refractivity contribution >= 4 is 5.91 Å². The lowest BCUT2D eigenvalue weighted by Crippen LogP contribution is -2.35. The molecule has 5 nitrogen and oxygen atoms in total. The van der Waals surface area contributed by atoms with Crippen molar-refractivity contribution < 1.29 is 14.3 Å². The van der Waals surface area contributed by atoms with Crippen LogP contribution in [0.15, 0.2) is 12.0 Å². The summed E-state index contributed by atoms with van der Waals surface area (Å²) in [4.78, 5) is 14.0. The molecule has 5 heteroatoms. The van der Waals surface area contributed by atoms with Crippen molar-refractivity contribution in [2.24, 2.45) is 17.6 Å². The fraction of sp³-hybridized carbons (Fsp3) is 0.750. The lowest BCUT2D eigenvalue weighted by Gasteiger charge is -2.22. The van der Waals surface area contributed by atoms with Crippen molar-refractivity contribution in [1.82, 2.24) is 4.90 Å². The molecule has 0 aromatic rings. The first-order valence-corrected chi connectivity index (χ1v) is 6.25. The molecular weight excluding hydrogens is 220 g/mol. The highest BCUT2D eigenvalue weighted by molar-refractivity contribution is 5.91. The molecule has 1 saturated heterocycles. The molecule has 3 aliphatic rings. The summed E-state index contributed by atoms with van der Waals surface area (Å²) in [5, 5.41) is 0. The number of rotatable bonds is 1. The molecule has 2 aliphatic heterocycles. The highest BCUT2D eigenvalue weighted by Gasteiger charge is 2.43. The Morgan fingerprint density at radius 1 is 1.35 bits per heavy atom. The standard InChI is InChI=1S/C12H18N2O3/c13-10-2-1-8-5-14(6-9(8)10)12(15)11-7-16-3-4-17-11/h7-10H,1-6,13H2. The van der Waals surface area contributed by atoms with Gasteiger partial charge in [-0.15, -0.1) is 0 Å². The van der Waals surface area contributed by atoms with E-state index in [0.717, 1.165) is 25.9 Å². The van der Waals surface area contributed by atoms with Gasteiger partial charge in [0.25, 0.3) is 5.91 Å². The van der Waals surface area contributed by atoms with Crippen LogP contribution in [0.5, 0.6) is 0 Å². The maximum absolute atomic E-state index is 12.1. The number of likely N-dealkylation sites (tertiary alicyclic amines) is 1. The number of hydrogen-bond acceptors (Lipinski definition) is 4. The summed E-state index contributed by atoms with van der Waals surface area (Å²) in [7, 11) is 0. The first kappa shape index (κ1) is 10.9. The van der Waals surface area contributed by atoms with Gasteiger partial charge in [-0.1, -0.05) is 0 Å². The minimum Gasteiger partial charge on any atom is -0.494 e. The second-order valence-electron chi connectivity index (χ2n) is 5.08. The minimum absolute atomic E-state index is 0.0497. The van der Waals surface area contributed by atoms with E-state index in [2.05, 4.69) is 0 Å². The molecule has 2 N–H and O–H groups in total. The quantitative estimate of drug-likeness (QED) is 0.702. The average molecular weight is 238 g/mol. The lowest BCUT2D eigenvalue weighted by atomic mass is 9.98. The predicted molar refractivity (Wildman–Crippen MR) is 60.8 cm³/mol. The minimum atomic E-state index is -0.0497. The van der Waals surface area contributed by atoms with Crippen LogP contribution < -0.4 is 5.73 Å². The Morgan fingerprint density at radius 3 is 2.94 bits per heavy atom. The summed E-state index contributed by atoms with van der Waals surface area (Å²) in [6, 6.07) is 0.260.